The zero-order valence-corrected chi connectivity index (χ0v) is 18.8. The Labute approximate surface area is 190 Å². The second-order valence-electron chi connectivity index (χ2n) is 6.95. The van der Waals surface area contributed by atoms with Gasteiger partial charge in [-0.2, -0.15) is 0 Å². The Morgan fingerprint density at radius 2 is 1.81 bits per heavy atom. The summed E-state index contributed by atoms with van der Waals surface area (Å²) in [6.45, 7) is 1.87. The molecule has 1 unspecified atom stereocenters. The summed E-state index contributed by atoms with van der Waals surface area (Å²) in [5, 5.41) is 6.73. The number of sulfonamides is 1. The Balaban J connectivity index is 1.45. The van der Waals surface area contributed by atoms with Crippen LogP contribution in [0.4, 0.5) is 10.8 Å². The number of ether oxygens (including phenoxy) is 1. The highest BCUT2D eigenvalue weighted by Crippen LogP contribution is 2.27. The minimum Gasteiger partial charge on any atom is -0.480 e. The molecule has 2 N–H and O–H groups in total. The van der Waals surface area contributed by atoms with Crippen LogP contribution in [0, 0.1) is 0 Å². The fourth-order valence-corrected chi connectivity index (χ4v) is 4.95. The molecule has 1 heterocycles. The molecule has 1 atom stereocenters. The molecule has 0 saturated carbocycles. The number of thiazole rings is 1. The van der Waals surface area contributed by atoms with Crippen molar-refractivity contribution in [1.82, 2.24) is 4.98 Å². The molecule has 0 saturated heterocycles. The van der Waals surface area contributed by atoms with Crippen LogP contribution in [0.3, 0.4) is 0 Å². The van der Waals surface area contributed by atoms with Gasteiger partial charge in [-0.25, -0.2) is 13.4 Å². The predicted molar refractivity (Wildman–Crippen MR) is 127 cm³/mol. The fraction of sp³-hybridized carbons (Fsp3) is 0.130. The van der Waals surface area contributed by atoms with E-state index in [0.29, 0.717) is 23.0 Å². The fourth-order valence-electron chi connectivity index (χ4n) is 3.16. The molecule has 3 aromatic carbocycles. The van der Waals surface area contributed by atoms with Crippen molar-refractivity contribution in [2.24, 2.45) is 0 Å². The first-order valence-electron chi connectivity index (χ1n) is 9.94. The molecule has 0 radical (unpaired) electrons. The second kappa shape index (κ2) is 9.37. The molecular formula is C23H21N3O4S2. The minimum absolute atomic E-state index is 0.0738. The third-order valence-corrected chi connectivity index (χ3v) is 6.94. The van der Waals surface area contributed by atoms with Gasteiger partial charge in [-0.15, -0.1) is 11.3 Å². The van der Waals surface area contributed by atoms with Crippen LogP contribution in [0.15, 0.2) is 83.2 Å². The summed E-state index contributed by atoms with van der Waals surface area (Å²) in [4.78, 5) is 16.8. The van der Waals surface area contributed by atoms with Crippen molar-refractivity contribution >= 4 is 48.9 Å². The van der Waals surface area contributed by atoms with E-state index in [-0.39, 0.29) is 10.8 Å². The van der Waals surface area contributed by atoms with Crippen LogP contribution in [0.1, 0.15) is 13.3 Å². The van der Waals surface area contributed by atoms with Crippen molar-refractivity contribution in [3.05, 3.63) is 78.3 Å². The lowest BCUT2D eigenvalue weighted by Crippen LogP contribution is -2.32. The number of fused-ring (bicyclic) bond motifs is 1. The van der Waals surface area contributed by atoms with Gasteiger partial charge in [0.05, 0.1) is 4.90 Å². The van der Waals surface area contributed by atoms with Gasteiger partial charge in [0.25, 0.3) is 15.9 Å². The first-order chi connectivity index (χ1) is 15.5. The summed E-state index contributed by atoms with van der Waals surface area (Å²) in [5.74, 6) is 0.330. The lowest BCUT2D eigenvalue weighted by molar-refractivity contribution is -0.122. The number of hydrogen-bond donors (Lipinski definition) is 2. The van der Waals surface area contributed by atoms with E-state index in [1.807, 2.05) is 49.4 Å². The first-order valence-corrected chi connectivity index (χ1v) is 12.3. The smallest absolute Gasteiger partial charge is 0.265 e. The Morgan fingerprint density at radius 3 is 2.53 bits per heavy atom. The largest absolute Gasteiger partial charge is 0.480 e. The van der Waals surface area contributed by atoms with E-state index in [1.54, 1.807) is 17.5 Å². The number of carbonyl (C=O) groups is 1. The van der Waals surface area contributed by atoms with Crippen molar-refractivity contribution in [2.75, 3.05) is 10.0 Å². The molecule has 4 aromatic rings. The van der Waals surface area contributed by atoms with Crippen molar-refractivity contribution in [2.45, 2.75) is 24.3 Å². The molecule has 7 nitrogen and oxygen atoms in total. The monoisotopic (exact) mass is 467 g/mol. The van der Waals surface area contributed by atoms with Gasteiger partial charge < -0.3 is 10.1 Å². The number of carbonyl (C=O) groups excluding carboxylic acids is 1. The Kier molecular flexibility index (Phi) is 6.38. The quantitative estimate of drug-likeness (QED) is 0.384. The van der Waals surface area contributed by atoms with Gasteiger partial charge in [-0.1, -0.05) is 43.3 Å². The Bertz CT molecular complexity index is 1320. The maximum atomic E-state index is 12.8. The molecule has 4 rings (SSSR count). The molecule has 1 aromatic heterocycles. The number of nitrogens with one attached hydrogen (secondary N) is 2. The van der Waals surface area contributed by atoms with Crippen LogP contribution in [-0.2, 0) is 14.8 Å². The van der Waals surface area contributed by atoms with Gasteiger partial charge in [-0.05, 0) is 42.1 Å². The summed E-state index contributed by atoms with van der Waals surface area (Å²) in [6.07, 6.45) is 1.29. The number of benzene rings is 3. The third kappa shape index (κ3) is 4.90. The zero-order valence-electron chi connectivity index (χ0n) is 17.2. The minimum atomic E-state index is -3.75. The summed E-state index contributed by atoms with van der Waals surface area (Å²) >= 11 is 1.19. The maximum Gasteiger partial charge on any atom is 0.265 e. The molecule has 0 aliphatic rings. The first kappa shape index (κ1) is 21.8. The highest BCUT2D eigenvalue weighted by Gasteiger charge is 2.20. The van der Waals surface area contributed by atoms with Gasteiger partial charge in [0.1, 0.15) is 5.75 Å². The second-order valence-corrected chi connectivity index (χ2v) is 9.53. The van der Waals surface area contributed by atoms with E-state index in [0.717, 1.165) is 10.8 Å². The lowest BCUT2D eigenvalue weighted by atomic mass is 10.1. The van der Waals surface area contributed by atoms with Gasteiger partial charge >= 0.3 is 0 Å². The third-order valence-electron chi connectivity index (χ3n) is 4.77. The van der Waals surface area contributed by atoms with Crippen LogP contribution in [-0.4, -0.2) is 25.4 Å². The van der Waals surface area contributed by atoms with Crippen molar-refractivity contribution in [3.8, 4) is 5.75 Å². The summed E-state index contributed by atoms with van der Waals surface area (Å²) in [5.41, 5.74) is 0.475. The highest BCUT2D eigenvalue weighted by molar-refractivity contribution is 7.93. The van der Waals surface area contributed by atoms with E-state index in [4.69, 9.17) is 4.74 Å². The zero-order chi connectivity index (χ0) is 22.6. The van der Waals surface area contributed by atoms with E-state index in [9.17, 15) is 13.2 Å². The predicted octanol–water partition coefficient (Wildman–Crippen LogP) is 4.89. The normalized spacial score (nSPS) is 12.3. The van der Waals surface area contributed by atoms with E-state index < -0.39 is 16.1 Å². The highest BCUT2D eigenvalue weighted by atomic mass is 32.2. The van der Waals surface area contributed by atoms with E-state index >= 15 is 0 Å². The molecule has 0 bridgehead atoms. The van der Waals surface area contributed by atoms with Crippen LogP contribution >= 0.6 is 11.3 Å². The van der Waals surface area contributed by atoms with Crippen molar-refractivity contribution in [3.63, 3.8) is 0 Å². The van der Waals surface area contributed by atoms with Gasteiger partial charge in [0, 0.05) is 22.7 Å². The SMILES string of the molecule is CCC(Oc1cccc2ccccc12)C(=O)Nc1ccc(S(=O)(=O)Nc2nccs2)cc1. The summed E-state index contributed by atoms with van der Waals surface area (Å²) < 4.78 is 33.3. The molecule has 164 valence electrons. The van der Waals surface area contributed by atoms with Gasteiger partial charge in [0.2, 0.25) is 0 Å². The number of aromatic nitrogens is 1. The number of rotatable bonds is 8. The van der Waals surface area contributed by atoms with Gasteiger partial charge in [-0.3, -0.25) is 9.52 Å². The standard InChI is InChI=1S/C23H21N3O4S2/c1-2-20(30-21-9-5-7-16-6-3-4-8-19(16)21)22(27)25-17-10-12-18(13-11-17)32(28,29)26-23-24-14-15-31-23/h3-15,20H,2H2,1H3,(H,24,26)(H,25,27). The Hall–Kier alpha value is -3.43. The van der Waals surface area contributed by atoms with Crippen LogP contribution < -0.4 is 14.8 Å². The summed E-state index contributed by atoms with van der Waals surface area (Å²) in [7, 11) is -3.75. The van der Waals surface area contributed by atoms with Crippen LogP contribution in [0.2, 0.25) is 0 Å². The molecule has 9 heteroatoms. The molecule has 0 aliphatic heterocycles. The maximum absolute atomic E-state index is 12.8. The van der Waals surface area contributed by atoms with E-state index in [1.165, 1.54) is 29.7 Å². The average molecular weight is 468 g/mol. The Morgan fingerprint density at radius 1 is 1.06 bits per heavy atom. The summed E-state index contributed by atoms with van der Waals surface area (Å²) in [6, 6.07) is 19.5. The van der Waals surface area contributed by atoms with Crippen LogP contribution in [0.25, 0.3) is 10.8 Å². The molecule has 0 spiro atoms. The van der Waals surface area contributed by atoms with Gasteiger partial charge in [0.15, 0.2) is 11.2 Å². The molecule has 32 heavy (non-hydrogen) atoms. The van der Waals surface area contributed by atoms with Crippen molar-refractivity contribution in [1.29, 1.82) is 0 Å². The van der Waals surface area contributed by atoms with Crippen molar-refractivity contribution < 1.29 is 17.9 Å². The molecular weight excluding hydrogens is 446 g/mol. The van der Waals surface area contributed by atoms with E-state index in [2.05, 4.69) is 15.0 Å². The molecule has 0 fully saturated rings. The number of amides is 1. The number of anilines is 2. The number of hydrogen-bond acceptors (Lipinski definition) is 6. The average Bonchev–Trinajstić information content (AvgIpc) is 3.30. The lowest BCUT2D eigenvalue weighted by Gasteiger charge is -2.18. The number of nitrogens with zero attached hydrogens (tertiary/aromatic N) is 1. The topological polar surface area (TPSA) is 97.4 Å². The van der Waals surface area contributed by atoms with Crippen LogP contribution in [0.5, 0.6) is 5.75 Å². The molecule has 1 amide bonds. The molecule has 0 aliphatic carbocycles.